The van der Waals surface area contributed by atoms with Crippen LogP contribution in [0.4, 0.5) is 0 Å². The third kappa shape index (κ3) is 0.975. The van der Waals surface area contributed by atoms with Crippen LogP contribution in [-0.2, 0) is 33.4 Å². The van der Waals surface area contributed by atoms with E-state index in [2.05, 4.69) is 0 Å². The Morgan fingerprint density at radius 2 is 1.33 bits per heavy atom. The van der Waals surface area contributed by atoms with Crippen LogP contribution in [0.3, 0.4) is 0 Å². The van der Waals surface area contributed by atoms with E-state index < -0.39 is 46.8 Å². The summed E-state index contributed by atoms with van der Waals surface area (Å²) in [4.78, 5) is 49.6. The maximum absolute atomic E-state index is 12.5. The molecule has 2 saturated heterocycles. The van der Waals surface area contributed by atoms with Gasteiger partial charge in [-0.15, -0.1) is 0 Å². The minimum atomic E-state index is -1.41. The van der Waals surface area contributed by atoms with Gasteiger partial charge in [0.05, 0.1) is 26.4 Å². The number of rotatable bonds is 2. The molecule has 0 spiro atoms. The number of Topliss-reactive ketones (excluding diaryl/α,β-unsaturated/α-hetero) is 2. The summed E-state index contributed by atoms with van der Waals surface area (Å²) in [6.07, 6.45) is -1.54. The molecule has 0 radical (unpaired) electrons. The van der Waals surface area contributed by atoms with E-state index in [-0.39, 0.29) is 24.4 Å². The predicted octanol–water partition coefficient (Wildman–Crippen LogP) is -0.736. The van der Waals surface area contributed by atoms with Crippen LogP contribution >= 0.6 is 0 Å². The van der Waals surface area contributed by atoms with Gasteiger partial charge in [0.2, 0.25) is 0 Å². The lowest BCUT2D eigenvalue weighted by molar-refractivity contribution is -0.165. The minimum absolute atomic E-state index is 0.0202. The molecule has 2 saturated carbocycles. The van der Waals surface area contributed by atoms with Gasteiger partial charge in [-0.3, -0.25) is 19.2 Å². The second-order valence-electron chi connectivity index (χ2n) is 6.17. The molecule has 4 rings (SSSR count). The second-order valence-corrected chi connectivity index (χ2v) is 6.17. The fraction of sp³-hybridized carbons (Fsp3) is 0.714. The van der Waals surface area contributed by atoms with Gasteiger partial charge in [-0.2, -0.15) is 0 Å². The van der Waals surface area contributed by atoms with Gasteiger partial charge >= 0.3 is 11.9 Å². The lowest BCUT2D eigenvalue weighted by Gasteiger charge is -2.34. The SMILES string of the molecule is COC(=O)C12C(=O)CC3C1OC1C2CC(=O)C31C(=O)OC. The first-order valence-electron chi connectivity index (χ1n) is 6.86. The molecule has 21 heavy (non-hydrogen) atoms. The van der Waals surface area contributed by atoms with Gasteiger partial charge in [0.25, 0.3) is 0 Å². The van der Waals surface area contributed by atoms with E-state index >= 15 is 0 Å². The summed E-state index contributed by atoms with van der Waals surface area (Å²) in [6, 6.07) is 0. The topological polar surface area (TPSA) is 96.0 Å². The van der Waals surface area contributed by atoms with Crippen molar-refractivity contribution in [2.45, 2.75) is 25.0 Å². The van der Waals surface area contributed by atoms with Crippen molar-refractivity contribution in [2.24, 2.45) is 22.7 Å². The molecule has 2 aliphatic carbocycles. The van der Waals surface area contributed by atoms with E-state index in [1.165, 1.54) is 14.2 Å². The molecule has 2 heterocycles. The Hall–Kier alpha value is -1.76. The lowest BCUT2D eigenvalue weighted by Crippen LogP contribution is -2.54. The van der Waals surface area contributed by atoms with E-state index in [4.69, 9.17) is 14.2 Å². The summed E-state index contributed by atoms with van der Waals surface area (Å²) >= 11 is 0. The molecule has 112 valence electrons. The van der Waals surface area contributed by atoms with E-state index in [0.717, 1.165) is 0 Å². The highest BCUT2D eigenvalue weighted by molar-refractivity contribution is 6.16. The predicted molar refractivity (Wildman–Crippen MR) is 63.8 cm³/mol. The monoisotopic (exact) mass is 294 g/mol. The normalized spacial score (nSPS) is 48.9. The zero-order chi connectivity index (χ0) is 15.2. The molecule has 7 heteroatoms. The largest absolute Gasteiger partial charge is 0.468 e. The molecule has 6 atom stereocenters. The van der Waals surface area contributed by atoms with Crippen LogP contribution in [0.1, 0.15) is 12.8 Å². The number of carbonyl (C=O) groups excluding carboxylic acids is 4. The van der Waals surface area contributed by atoms with Crippen molar-refractivity contribution in [1.29, 1.82) is 0 Å². The third-order valence-electron chi connectivity index (χ3n) is 5.87. The van der Waals surface area contributed by atoms with Crippen LogP contribution in [0.15, 0.2) is 0 Å². The first-order chi connectivity index (χ1) is 9.97. The van der Waals surface area contributed by atoms with Crippen molar-refractivity contribution in [1.82, 2.24) is 0 Å². The molecule has 0 aromatic heterocycles. The van der Waals surface area contributed by atoms with Crippen molar-refractivity contribution in [3.63, 3.8) is 0 Å². The maximum Gasteiger partial charge on any atom is 0.322 e. The molecule has 0 amide bonds. The van der Waals surface area contributed by atoms with Gasteiger partial charge in [-0.25, -0.2) is 0 Å². The molecule has 4 aliphatic rings. The number of hydrogen-bond acceptors (Lipinski definition) is 7. The van der Waals surface area contributed by atoms with Crippen molar-refractivity contribution in [3.8, 4) is 0 Å². The Kier molecular flexibility index (Phi) is 2.17. The van der Waals surface area contributed by atoms with Gasteiger partial charge in [0.1, 0.15) is 0 Å². The van der Waals surface area contributed by atoms with Gasteiger partial charge in [0, 0.05) is 24.7 Å². The average molecular weight is 294 g/mol. The highest BCUT2D eigenvalue weighted by atomic mass is 16.6. The quantitative estimate of drug-likeness (QED) is 0.489. The molecule has 2 bridgehead atoms. The van der Waals surface area contributed by atoms with E-state index in [0.29, 0.717) is 0 Å². The maximum atomic E-state index is 12.5. The Labute approximate surface area is 119 Å². The number of ether oxygens (including phenoxy) is 3. The first-order valence-corrected chi connectivity index (χ1v) is 6.86. The molecular weight excluding hydrogens is 280 g/mol. The molecule has 4 fully saturated rings. The zero-order valence-electron chi connectivity index (χ0n) is 11.6. The van der Waals surface area contributed by atoms with Crippen LogP contribution in [0.2, 0.25) is 0 Å². The van der Waals surface area contributed by atoms with Gasteiger partial charge in [-0.1, -0.05) is 0 Å². The van der Waals surface area contributed by atoms with Gasteiger partial charge in [0.15, 0.2) is 22.4 Å². The number of methoxy groups -OCH3 is 2. The van der Waals surface area contributed by atoms with Crippen molar-refractivity contribution >= 4 is 23.5 Å². The van der Waals surface area contributed by atoms with Crippen LogP contribution in [0.5, 0.6) is 0 Å². The molecule has 0 aromatic carbocycles. The molecule has 0 N–H and O–H groups in total. The van der Waals surface area contributed by atoms with Crippen molar-refractivity contribution in [2.75, 3.05) is 14.2 Å². The highest BCUT2D eigenvalue weighted by Gasteiger charge is 2.88. The lowest BCUT2D eigenvalue weighted by atomic mass is 9.62. The smallest absolute Gasteiger partial charge is 0.322 e. The van der Waals surface area contributed by atoms with Crippen LogP contribution < -0.4 is 0 Å². The number of fused-ring (bicyclic) bond motifs is 2. The fourth-order valence-electron chi connectivity index (χ4n) is 5.20. The molecule has 6 unspecified atom stereocenters. The van der Waals surface area contributed by atoms with E-state index in [1.54, 1.807) is 0 Å². The summed E-state index contributed by atoms with van der Waals surface area (Å²) in [7, 11) is 2.43. The summed E-state index contributed by atoms with van der Waals surface area (Å²) < 4.78 is 15.4. The van der Waals surface area contributed by atoms with Crippen LogP contribution in [-0.4, -0.2) is 49.9 Å². The Bertz CT molecular complexity index is 558. The average Bonchev–Trinajstić information content (AvgIpc) is 3.09. The number of esters is 2. The summed E-state index contributed by atoms with van der Waals surface area (Å²) in [5.74, 6) is -3.10. The van der Waals surface area contributed by atoms with Crippen molar-refractivity contribution < 1.29 is 33.4 Å². The minimum Gasteiger partial charge on any atom is -0.468 e. The standard InChI is InChI=1S/C14H14O7/c1-19-11(17)13-5-3-8(16)14(12(18)20-2)6(4-7(13)15)9(13)21-10(5)14/h5-6,9-10H,3-4H2,1-2H3. The van der Waals surface area contributed by atoms with Gasteiger partial charge < -0.3 is 14.2 Å². The van der Waals surface area contributed by atoms with E-state index in [1.807, 2.05) is 0 Å². The third-order valence-corrected chi connectivity index (χ3v) is 5.87. The molecule has 2 aliphatic heterocycles. The van der Waals surface area contributed by atoms with E-state index in [9.17, 15) is 19.2 Å². The van der Waals surface area contributed by atoms with Crippen LogP contribution in [0, 0.1) is 22.7 Å². The summed E-state index contributed by atoms with van der Waals surface area (Å²) in [5.41, 5.74) is -2.82. The van der Waals surface area contributed by atoms with Gasteiger partial charge in [-0.05, 0) is 0 Å². The van der Waals surface area contributed by atoms with Crippen molar-refractivity contribution in [3.05, 3.63) is 0 Å². The Morgan fingerprint density at radius 3 is 1.67 bits per heavy atom. The summed E-state index contributed by atoms with van der Waals surface area (Å²) in [6.45, 7) is 0. The second kappa shape index (κ2) is 3.52. The highest BCUT2D eigenvalue weighted by Crippen LogP contribution is 2.73. The molecule has 7 nitrogen and oxygen atoms in total. The van der Waals surface area contributed by atoms with Crippen LogP contribution in [0.25, 0.3) is 0 Å². The Balaban J connectivity index is 1.94. The summed E-state index contributed by atoms with van der Waals surface area (Å²) in [5, 5.41) is 0. The Morgan fingerprint density at radius 1 is 0.952 bits per heavy atom. The zero-order valence-corrected chi connectivity index (χ0v) is 11.6. The first kappa shape index (κ1) is 12.9. The molecular formula is C14H14O7. The molecule has 0 aromatic rings. The number of hydrogen-bond donors (Lipinski definition) is 0. The fourth-order valence-corrected chi connectivity index (χ4v) is 5.20. The number of ketones is 2. The number of carbonyl (C=O) groups is 4.